The van der Waals surface area contributed by atoms with Crippen molar-refractivity contribution in [1.82, 2.24) is 15.5 Å². The first kappa shape index (κ1) is 16.7. The van der Waals surface area contributed by atoms with Gasteiger partial charge < -0.3 is 10.1 Å². The molecule has 0 spiro atoms. The molecule has 0 amide bonds. The number of H-pyrrole nitrogens is 1. The quantitative estimate of drug-likeness (QED) is 0.861. The molecule has 1 aromatic carbocycles. The molecule has 0 fully saturated rings. The number of nitrogens with zero attached hydrogens (tertiary/aromatic N) is 1. The van der Waals surface area contributed by atoms with Crippen molar-refractivity contribution in [1.29, 1.82) is 0 Å². The molecule has 20 heavy (non-hydrogen) atoms. The van der Waals surface area contributed by atoms with Crippen LogP contribution < -0.4 is 5.32 Å². The Hall–Kier alpha value is -1.36. The molecule has 0 atom stereocenters. The second-order valence-corrected chi connectivity index (χ2v) is 4.77. The van der Waals surface area contributed by atoms with Crippen molar-refractivity contribution >= 4 is 12.4 Å². The molecule has 110 valence electrons. The van der Waals surface area contributed by atoms with Crippen LogP contribution in [0.1, 0.15) is 28.1 Å². The number of aromatic amines is 1. The van der Waals surface area contributed by atoms with Crippen LogP contribution in [-0.2, 0) is 24.4 Å². The minimum Gasteiger partial charge on any atom is -0.380 e. The van der Waals surface area contributed by atoms with Crippen LogP contribution in [0.5, 0.6) is 0 Å². The second-order valence-electron chi connectivity index (χ2n) is 4.77. The zero-order valence-corrected chi connectivity index (χ0v) is 13.0. The summed E-state index contributed by atoms with van der Waals surface area (Å²) in [5.74, 6) is 0. The summed E-state index contributed by atoms with van der Waals surface area (Å²) >= 11 is 0. The van der Waals surface area contributed by atoms with Crippen LogP contribution in [0.15, 0.2) is 24.3 Å². The fraction of sp³-hybridized carbons (Fsp3) is 0.400. The van der Waals surface area contributed by atoms with Crippen LogP contribution in [0.4, 0.5) is 0 Å². The number of hydrogen-bond donors (Lipinski definition) is 2. The molecule has 0 saturated heterocycles. The molecule has 2 aromatic rings. The summed E-state index contributed by atoms with van der Waals surface area (Å²) in [6, 6.07) is 8.48. The molecule has 0 unspecified atom stereocenters. The summed E-state index contributed by atoms with van der Waals surface area (Å²) in [5.41, 5.74) is 5.95. The summed E-state index contributed by atoms with van der Waals surface area (Å²) in [7, 11) is 1.71. The molecule has 0 bridgehead atoms. The third-order valence-electron chi connectivity index (χ3n) is 3.25. The number of nitrogens with one attached hydrogen (secondary N) is 2. The van der Waals surface area contributed by atoms with E-state index in [4.69, 9.17) is 4.74 Å². The van der Waals surface area contributed by atoms with Crippen LogP contribution in [0, 0.1) is 13.8 Å². The molecular formula is C15H22ClN3O. The predicted molar refractivity (Wildman–Crippen MR) is 83.0 cm³/mol. The van der Waals surface area contributed by atoms with Crippen LogP contribution in [0.2, 0.25) is 0 Å². The molecule has 0 aliphatic rings. The number of aromatic nitrogens is 2. The van der Waals surface area contributed by atoms with E-state index in [0.717, 1.165) is 24.5 Å². The Morgan fingerprint density at radius 1 is 1.10 bits per heavy atom. The molecule has 0 aliphatic carbocycles. The van der Waals surface area contributed by atoms with E-state index in [9.17, 15) is 0 Å². The Bertz CT molecular complexity index is 503. The Morgan fingerprint density at radius 2 is 1.75 bits per heavy atom. The molecule has 4 nitrogen and oxygen atoms in total. The standard InChI is InChI=1S/C15H21N3O.ClH/c1-11-15(12(2)18-17-11)9-16-8-13-4-6-14(7-5-13)10-19-3;/h4-7,16H,8-10H2,1-3H3,(H,17,18);1H. The van der Waals surface area contributed by atoms with Gasteiger partial charge in [-0.1, -0.05) is 24.3 Å². The van der Waals surface area contributed by atoms with Crippen molar-refractivity contribution in [2.45, 2.75) is 33.5 Å². The third kappa shape index (κ3) is 4.34. The second kappa shape index (κ2) is 8.04. The molecule has 0 saturated carbocycles. The zero-order valence-electron chi connectivity index (χ0n) is 12.2. The highest BCUT2D eigenvalue weighted by Gasteiger charge is 2.05. The van der Waals surface area contributed by atoms with Crippen molar-refractivity contribution < 1.29 is 4.74 Å². The maximum Gasteiger partial charge on any atom is 0.0713 e. The van der Waals surface area contributed by atoms with Crippen LogP contribution in [0.3, 0.4) is 0 Å². The Kier molecular flexibility index (Phi) is 6.71. The fourth-order valence-electron chi connectivity index (χ4n) is 2.09. The van der Waals surface area contributed by atoms with Gasteiger partial charge in [0.25, 0.3) is 0 Å². The Morgan fingerprint density at radius 3 is 2.30 bits per heavy atom. The van der Waals surface area contributed by atoms with Gasteiger partial charge in [-0.05, 0) is 25.0 Å². The lowest BCUT2D eigenvalue weighted by Gasteiger charge is -2.06. The Labute approximate surface area is 126 Å². The molecule has 0 radical (unpaired) electrons. The van der Waals surface area contributed by atoms with Crippen molar-refractivity contribution in [3.63, 3.8) is 0 Å². The van der Waals surface area contributed by atoms with Crippen molar-refractivity contribution in [3.8, 4) is 0 Å². The SMILES string of the molecule is COCc1ccc(CNCc2c(C)n[nH]c2C)cc1.Cl. The molecule has 0 aliphatic heterocycles. The molecule has 1 aromatic heterocycles. The maximum absolute atomic E-state index is 5.10. The van der Waals surface area contributed by atoms with Gasteiger partial charge in [-0.3, -0.25) is 5.10 Å². The van der Waals surface area contributed by atoms with Crippen molar-refractivity contribution in [2.75, 3.05) is 7.11 Å². The molecule has 2 rings (SSSR count). The Balaban J connectivity index is 0.00000200. The lowest BCUT2D eigenvalue weighted by Crippen LogP contribution is -2.13. The van der Waals surface area contributed by atoms with E-state index in [1.165, 1.54) is 16.7 Å². The minimum absolute atomic E-state index is 0. The van der Waals surface area contributed by atoms with Gasteiger partial charge >= 0.3 is 0 Å². The monoisotopic (exact) mass is 295 g/mol. The first-order chi connectivity index (χ1) is 9.20. The number of aryl methyl sites for hydroxylation is 2. The topological polar surface area (TPSA) is 49.9 Å². The maximum atomic E-state index is 5.10. The zero-order chi connectivity index (χ0) is 13.7. The van der Waals surface area contributed by atoms with Gasteiger partial charge in [-0.25, -0.2) is 0 Å². The third-order valence-corrected chi connectivity index (χ3v) is 3.25. The van der Waals surface area contributed by atoms with Crippen LogP contribution >= 0.6 is 12.4 Å². The molecule has 5 heteroatoms. The van der Waals surface area contributed by atoms with Gasteiger partial charge in [0.05, 0.1) is 12.3 Å². The van der Waals surface area contributed by atoms with E-state index >= 15 is 0 Å². The highest BCUT2D eigenvalue weighted by atomic mass is 35.5. The average Bonchev–Trinajstić information content (AvgIpc) is 2.73. The molecule has 2 N–H and O–H groups in total. The van der Waals surface area contributed by atoms with Gasteiger partial charge in [0.2, 0.25) is 0 Å². The predicted octanol–water partition coefficient (Wildman–Crippen LogP) is 2.88. The summed E-state index contributed by atoms with van der Waals surface area (Å²) in [6.45, 7) is 6.45. The minimum atomic E-state index is 0. The number of rotatable bonds is 6. The number of benzene rings is 1. The van der Waals surface area contributed by atoms with Gasteiger partial charge in [-0.2, -0.15) is 5.10 Å². The fourth-order valence-corrected chi connectivity index (χ4v) is 2.09. The van der Waals surface area contributed by atoms with E-state index in [0.29, 0.717) is 6.61 Å². The van der Waals surface area contributed by atoms with Gasteiger partial charge in [-0.15, -0.1) is 12.4 Å². The van der Waals surface area contributed by atoms with Gasteiger partial charge in [0, 0.05) is 31.5 Å². The van der Waals surface area contributed by atoms with Crippen molar-refractivity contribution in [3.05, 3.63) is 52.3 Å². The lowest BCUT2D eigenvalue weighted by molar-refractivity contribution is 0.185. The van der Waals surface area contributed by atoms with E-state index in [2.05, 4.69) is 46.7 Å². The number of ether oxygens (including phenoxy) is 1. The summed E-state index contributed by atoms with van der Waals surface area (Å²) < 4.78 is 5.10. The lowest BCUT2D eigenvalue weighted by atomic mass is 10.1. The summed E-state index contributed by atoms with van der Waals surface area (Å²) in [5, 5.41) is 10.6. The average molecular weight is 296 g/mol. The summed E-state index contributed by atoms with van der Waals surface area (Å²) in [4.78, 5) is 0. The first-order valence-corrected chi connectivity index (χ1v) is 6.48. The van der Waals surface area contributed by atoms with Crippen molar-refractivity contribution in [2.24, 2.45) is 0 Å². The number of hydrogen-bond acceptors (Lipinski definition) is 3. The van der Waals surface area contributed by atoms with E-state index in [1.807, 2.05) is 6.92 Å². The van der Waals surface area contributed by atoms with E-state index in [1.54, 1.807) is 7.11 Å². The van der Waals surface area contributed by atoms with Crippen LogP contribution in [0.25, 0.3) is 0 Å². The van der Waals surface area contributed by atoms with E-state index in [-0.39, 0.29) is 12.4 Å². The van der Waals surface area contributed by atoms with E-state index < -0.39 is 0 Å². The number of methoxy groups -OCH3 is 1. The molecule has 1 heterocycles. The smallest absolute Gasteiger partial charge is 0.0713 e. The van der Waals surface area contributed by atoms with Gasteiger partial charge in [0.1, 0.15) is 0 Å². The largest absolute Gasteiger partial charge is 0.380 e. The first-order valence-electron chi connectivity index (χ1n) is 6.48. The number of halogens is 1. The molecular weight excluding hydrogens is 274 g/mol. The highest BCUT2D eigenvalue weighted by molar-refractivity contribution is 5.85. The van der Waals surface area contributed by atoms with Gasteiger partial charge in [0.15, 0.2) is 0 Å². The highest BCUT2D eigenvalue weighted by Crippen LogP contribution is 2.09. The normalized spacial score (nSPS) is 10.3. The summed E-state index contributed by atoms with van der Waals surface area (Å²) in [6.07, 6.45) is 0. The van der Waals surface area contributed by atoms with Crippen LogP contribution in [-0.4, -0.2) is 17.3 Å².